The summed E-state index contributed by atoms with van der Waals surface area (Å²) in [7, 11) is 0. The monoisotopic (exact) mass is 392 g/mol. The first-order valence-electron chi connectivity index (χ1n) is 9.61. The van der Waals surface area contributed by atoms with Gasteiger partial charge in [0, 0.05) is 11.6 Å². The number of hydrogen-bond donors (Lipinski definition) is 0. The first-order chi connectivity index (χ1) is 14.0. The predicted molar refractivity (Wildman–Crippen MR) is 111 cm³/mol. The van der Waals surface area contributed by atoms with E-state index in [9.17, 15) is 14.4 Å². The molecule has 0 N–H and O–H groups in total. The van der Waals surface area contributed by atoms with Gasteiger partial charge in [-0.15, -0.1) is 0 Å². The first kappa shape index (κ1) is 20.5. The Kier molecular flexibility index (Phi) is 6.22. The SMILES string of the molecule is CCOC(=O)[C@H](C(C)=O)[C@@H](c1ccccc1)[C@@H]1C(=O)N(c2ccccc2)N=C1C. The van der Waals surface area contributed by atoms with Gasteiger partial charge in [0.15, 0.2) is 0 Å². The molecule has 2 aromatic rings. The van der Waals surface area contributed by atoms with E-state index in [0.29, 0.717) is 11.4 Å². The van der Waals surface area contributed by atoms with Gasteiger partial charge in [0.05, 0.1) is 18.2 Å². The number of para-hydroxylation sites is 1. The summed E-state index contributed by atoms with van der Waals surface area (Å²) in [6.07, 6.45) is 0. The Bertz CT molecular complexity index is 924. The number of Topliss-reactive ketones (excluding diaryl/α,β-unsaturated/α-hetero) is 1. The minimum absolute atomic E-state index is 0.159. The summed E-state index contributed by atoms with van der Waals surface area (Å²) in [5.74, 6) is -3.75. The zero-order valence-corrected chi connectivity index (χ0v) is 16.7. The maximum Gasteiger partial charge on any atom is 0.317 e. The lowest BCUT2D eigenvalue weighted by atomic mass is 9.73. The highest BCUT2D eigenvalue weighted by Crippen LogP contribution is 2.39. The molecular formula is C23H24N2O4. The lowest BCUT2D eigenvalue weighted by molar-refractivity contribution is -0.152. The molecule has 0 radical (unpaired) electrons. The van der Waals surface area contributed by atoms with Crippen molar-refractivity contribution in [2.75, 3.05) is 11.6 Å². The molecule has 1 aliphatic rings. The summed E-state index contributed by atoms with van der Waals surface area (Å²) in [5, 5.41) is 5.80. The Labute approximate surface area is 170 Å². The lowest BCUT2D eigenvalue weighted by Gasteiger charge is -2.28. The van der Waals surface area contributed by atoms with Crippen LogP contribution in [-0.2, 0) is 19.1 Å². The fraction of sp³-hybridized carbons (Fsp3) is 0.304. The molecule has 0 spiro atoms. The van der Waals surface area contributed by atoms with Crippen LogP contribution in [0.2, 0.25) is 0 Å². The van der Waals surface area contributed by atoms with Crippen molar-refractivity contribution in [2.45, 2.75) is 26.7 Å². The molecule has 0 saturated heterocycles. The molecule has 0 unspecified atom stereocenters. The predicted octanol–water partition coefficient (Wildman–Crippen LogP) is 3.58. The topological polar surface area (TPSA) is 76.0 Å². The zero-order valence-electron chi connectivity index (χ0n) is 16.7. The number of carbonyl (C=O) groups is 3. The van der Waals surface area contributed by atoms with Gasteiger partial charge < -0.3 is 4.74 Å². The third-order valence-electron chi connectivity index (χ3n) is 5.06. The lowest BCUT2D eigenvalue weighted by Crippen LogP contribution is -2.40. The van der Waals surface area contributed by atoms with Gasteiger partial charge in [-0.1, -0.05) is 48.5 Å². The molecule has 1 aliphatic heterocycles. The average molecular weight is 392 g/mol. The van der Waals surface area contributed by atoms with Crippen LogP contribution in [0.5, 0.6) is 0 Å². The molecule has 0 fully saturated rings. The second-order valence-corrected chi connectivity index (χ2v) is 6.98. The molecule has 0 aliphatic carbocycles. The van der Waals surface area contributed by atoms with Gasteiger partial charge in [0.25, 0.3) is 5.91 Å². The Balaban J connectivity index is 2.07. The van der Waals surface area contributed by atoms with Crippen molar-refractivity contribution in [2.24, 2.45) is 16.9 Å². The molecule has 0 aromatic heterocycles. The first-order valence-corrected chi connectivity index (χ1v) is 9.61. The number of hydrazone groups is 1. The van der Waals surface area contributed by atoms with E-state index in [0.717, 1.165) is 5.56 Å². The molecular weight excluding hydrogens is 368 g/mol. The highest BCUT2D eigenvalue weighted by atomic mass is 16.5. The summed E-state index contributed by atoms with van der Waals surface area (Å²) >= 11 is 0. The Morgan fingerprint density at radius 3 is 2.21 bits per heavy atom. The molecule has 1 amide bonds. The third-order valence-corrected chi connectivity index (χ3v) is 5.06. The second kappa shape index (κ2) is 8.82. The van der Waals surface area contributed by atoms with E-state index < -0.39 is 23.7 Å². The number of hydrogen-bond acceptors (Lipinski definition) is 5. The second-order valence-electron chi connectivity index (χ2n) is 6.98. The fourth-order valence-corrected chi connectivity index (χ4v) is 3.80. The molecule has 6 heteroatoms. The quantitative estimate of drug-likeness (QED) is 0.533. The molecule has 150 valence electrons. The van der Waals surface area contributed by atoms with Gasteiger partial charge in [-0.2, -0.15) is 5.10 Å². The minimum Gasteiger partial charge on any atom is -0.465 e. The van der Waals surface area contributed by atoms with Gasteiger partial charge in [-0.3, -0.25) is 14.4 Å². The number of ether oxygens (including phenoxy) is 1. The summed E-state index contributed by atoms with van der Waals surface area (Å²) in [6, 6.07) is 18.2. The molecule has 0 saturated carbocycles. The van der Waals surface area contributed by atoms with Crippen molar-refractivity contribution in [3.8, 4) is 0 Å². The van der Waals surface area contributed by atoms with Gasteiger partial charge in [-0.05, 0) is 38.5 Å². The van der Waals surface area contributed by atoms with E-state index in [-0.39, 0.29) is 18.3 Å². The van der Waals surface area contributed by atoms with Crippen molar-refractivity contribution in [1.82, 2.24) is 0 Å². The Morgan fingerprint density at radius 2 is 1.66 bits per heavy atom. The number of benzene rings is 2. The van der Waals surface area contributed by atoms with Crippen LogP contribution in [0.4, 0.5) is 5.69 Å². The van der Waals surface area contributed by atoms with Crippen molar-refractivity contribution in [3.63, 3.8) is 0 Å². The van der Waals surface area contributed by atoms with Crippen LogP contribution in [-0.4, -0.2) is 30.0 Å². The van der Waals surface area contributed by atoms with Crippen LogP contribution in [0, 0.1) is 11.8 Å². The van der Waals surface area contributed by atoms with Crippen molar-refractivity contribution in [3.05, 3.63) is 66.2 Å². The molecule has 3 rings (SSSR count). The molecule has 2 aromatic carbocycles. The van der Waals surface area contributed by atoms with Crippen LogP contribution in [0.1, 0.15) is 32.3 Å². The van der Waals surface area contributed by atoms with Crippen LogP contribution in [0.3, 0.4) is 0 Å². The van der Waals surface area contributed by atoms with Crippen molar-refractivity contribution >= 4 is 29.1 Å². The Hall–Kier alpha value is -3.28. The highest BCUT2D eigenvalue weighted by Gasteiger charge is 2.47. The van der Waals surface area contributed by atoms with Crippen LogP contribution < -0.4 is 5.01 Å². The van der Waals surface area contributed by atoms with Gasteiger partial charge >= 0.3 is 5.97 Å². The number of carbonyl (C=O) groups excluding carboxylic acids is 3. The van der Waals surface area contributed by atoms with E-state index in [2.05, 4.69) is 5.10 Å². The largest absolute Gasteiger partial charge is 0.465 e. The normalized spacial score (nSPS) is 18.2. The molecule has 0 bridgehead atoms. The smallest absolute Gasteiger partial charge is 0.317 e. The standard InChI is InChI=1S/C23H24N2O4/c1-4-29-23(28)20(16(3)26)21(17-11-7-5-8-12-17)19-15(2)24-25(22(19)27)18-13-9-6-10-14-18/h5-14,19-21H,4H2,1-3H3/t19-,20-,21+/m1/s1. The maximum atomic E-state index is 13.4. The number of ketones is 1. The summed E-state index contributed by atoms with van der Waals surface area (Å²) in [5.41, 5.74) is 1.92. The maximum absolute atomic E-state index is 13.4. The number of esters is 1. The molecule has 3 atom stereocenters. The molecule has 29 heavy (non-hydrogen) atoms. The Morgan fingerprint density at radius 1 is 1.07 bits per heavy atom. The van der Waals surface area contributed by atoms with E-state index in [1.165, 1.54) is 11.9 Å². The number of amides is 1. The van der Waals surface area contributed by atoms with Crippen LogP contribution >= 0.6 is 0 Å². The summed E-state index contributed by atoms with van der Waals surface area (Å²) in [6.45, 7) is 4.96. The van der Waals surface area contributed by atoms with Gasteiger partial charge in [0.2, 0.25) is 0 Å². The fourth-order valence-electron chi connectivity index (χ4n) is 3.80. The number of rotatable bonds is 7. The average Bonchev–Trinajstić information content (AvgIpc) is 3.01. The third kappa shape index (κ3) is 4.11. The van der Waals surface area contributed by atoms with E-state index in [1.807, 2.05) is 48.5 Å². The van der Waals surface area contributed by atoms with Crippen molar-refractivity contribution < 1.29 is 19.1 Å². The van der Waals surface area contributed by atoms with Crippen LogP contribution in [0.15, 0.2) is 65.8 Å². The highest BCUT2D eigenvalue weighted by molar-refractivity contribution is 6.16. The minimum atomic E-state index is -1.09. The van der Waals surface area contributed by atoms with Gasteiger partial charge in [0.1, 0.15) is 11.7 Å². The van der Waals surface area contributed by atoms with E-state index >= 15 is 0 Å². The number of anilines is 1. The van der Waals surface area contributed by atoms with Gasteiger partial charge in [-0.25, -0.2) is 5.01 Å². The summed E-state index contributed by atoms with van der Waals surface area (Å²) < 4.78 is 5.18. The van der Waals surface area contributed by atoms with E-state index in [1.54, 1.807) is 26.0 Å². The van der Waals surface area contributed by atoms with Crippen LogP contribution in [0.25, 0.3) is 0 Å². The molecule has 1 heterocycles. The zero-order chi connectivity index (χ0) is 21.0. The molecule has 6 nitrogen and oxygen atoms in total. The van der Waals surface area contributed by atoms with Crippen molar-refractivity contribution in [1.29, 1.82) is 0 Å². The van der Waals surface area contributed by atoms with E-state index in [4.69, 9.17) is 4.74 Å². The summed E-state index contributed by atoms with van der Waals surface area (Å²) in [4.78, 5) is 38.6. The number of nitrogens with zero attached hydrogens (tertiary/aromatic N) is 2.